The highest BCUT2D eigenvalue weighted by atomic mass is 35.5. The predicted octanol–water partition coefficient (Wildman–Crippen LogP) is 0.955. The molecule has 0 aliphatic rings. The van der Waals surface area contributed by atoms with Gasteiger partial charge >= 0.3 is 0 Å². The molecule has 1 atom stereocenters. The monoisotopic (exact) mass is 150 g/mol. The number of carbonyl (C=O) groups is 1. The van der Waals surface area contributed by atoms with Crippen LogP contribution in [-0.4, -0.2) is 22.4 Å². The van der Waals surface area contributed by atoms with Gasteiger partial charge in [0.05, 0.1) is 11.5 Å². The molecule has 0 radical (unpaired) electrons. The number of ketones is 1. The Morgan fingerprint density at radius 2 is 2.22 bits per heavy atom. The van der Waals surface area contributed by atoms with Crippen LogP contribution in [0.15, 0.2) is 0 Å². The van der Waals surface area contributed by atoms with Gasteiger partial charge in [-0.05, 0) is 13.8 Å². The predicted molar refractivity (Wildman–Crippen MR) is 36.6 cm³/mol. The lowest BCUT2D eigenvalue weighted by Gasteiger charge is -2.17. The summed E-state index contributed by atoms with van der Waals surface area (Å²) in [7, 11) is 0. The Morgan fingerprint density at radius 1 is 1.78 bits per heavy atom. The molecule has 0 aromatic rings. The van der Waals surface area contributed by atoms with Crippen molar-refractivity contribution < 1.29 is 9.90 Å². The van der Waals surface area contributed by atoms with Gasteiger partial charge in [0.25, 0.3) is 0 Å². The van der Waals surface area contributed by atoms with Crippen LogP contribution in [0.2, 0.25) is 0 Å². The normalized spacial score (nSPS) is 16.9. The minimum absolute atomic E-state index is 0.0411. The van der Waals surface area contributed by atoms with E-state index in [4.69, 9.17) is 16.7 Å². The average molecular weight is 151 g/mol. The zero-order valence-corrected chi connectivity index (χ0v) is 6.40. The summed E-state index contributed by atoms with van der Waals surface area (Å²) in [4.78, 5) is 10.4. The van der Waals surface area contributed by atoms with Crippen molar-refractivity contribution in [1.29, 1.82) is 0 Å². The number of hydrogen-bond acceptors (Lipinski definition) is 2. The van der Waals surface area contributed by atoms with Gasteiger partial charge in [-0.2, -0.15) is 0 Å². The van der Waals surface area contributed by atoms with E-state index in [1.807, 2.05) is 0 Å². The molecule has 0 saturated heterocycles. The zero-order valence-electron chi connectivity index (χ0n) is 5.65. The van der Waals surface area contributed by atoms with Crippen LogP contribution < -0.4 is 0 Å². The summed E-state index contributed by atoms with van der Waals surface area (Å²) in [5.41, 5.74) is -1.02. The second kappa shape index (κ2) is 3.18. The van der Waals surface area contributed by atoms with E-state index in [0.717, 1.165) is 0 Å². The third kappa shape index (κ3) is 4.43. The Morgan fingerprint density at radius 3 is 2.33 bits per heavy atom. The van der Waals surface area contributed by atoms with Gasteiger partial charge in [0, 0.05) is 6.42 Å². The van der Waals surface area contributed by atoms with Crippen molar-refractivity contribution in [3.05, 3.63) is 0 Å². The van der Waals surface area contributed by atoms with Crippen LogP contribution in [0.4, 0.5) is 0 Å². The van der Waals surface area contributed by atoms with E-state index in [-0.39, 0.29) is 18.1 Å². The zero-order chi connectivity index (χ0) is 7.49. The Kier molecular flexibility index (Phi) is 3.15. The number of alkyl halides is 1. The Hall–Kier alpha value is -0.0800. The molecule has 0 fully saturated rings. The summed E-state index contributed by atoms with van der Waals surface area (Å²) in [6.07, 6.45) is 0.135. The van der Waals surface area contributed by atoms with Crippen molar-refractivity contribution in [2.24, 2.45) is 0 Å². The molecule has 0 aliphatic heterocycles. The van der Waals surface area contributed by atoms with Crippen LogP contribution in [0.5, 0.6) is 0 Å². The summed E-state index contributed by atoms with van der Waals surface area (Å²) >= 11 is 5.34. The largest absolute Gasteiger partial charge is 0.388 e. The molecule has 0 spiro atoms. The lowest BCUT2D eigenvalue weighted by molar-refractivity contribution is -0.120. The fourth-order valence-corrected chi connectivity index (χ4v) is 0.678. The van der Waals surface area contributed by atoms with E-state index in [0.29, 0.717) is 0 Å². The Balaban J connectivity index is 3.71. The van der Waals surface area contributed by atoms with Crippen LogP contribution in [-0.2, 0) is 4.79 Å². The molecule has 0 aromatic carbocycles. The molecule has 0 heterocycles. The van der Waals surface area contributed by atoms with Gasteiger partial charge in [0.15, 0.2) is 0 Å². The minimum atomic E-state index is -1.02. The molecule has 2 nitrogen and oxygen atoms in total. The van der Waals surface area contributed by atoms with E-state index in [2.05, 4.69) is 0 Å². The third-order valence-corrected chi connectivity index (χ3v) is 1.49. The van der Waals surface area contributed by atoms with Gasteiger partial charge in [-0.15, -0.1) is 11.6 Å². The number of halogens is 1. The van der Waals surface area contributed by atoms with Crippen LogP contribution in [0, 0.1) is 0 Å². The number of carbonyl (C=O) groups excluding carboxylic acids is 1. The molecule has 0 amide bonds. The summed E-state index contributed by atoms with van der Waals surface area (Å²) in [5, 5.41) is 9.14. The first-order chi connectivity index (χ1) is 3.98. The molecule has 3 heteroatoms. The molecule has 0 saturated carbocycles. The summed E-state index contributed by atoms with van der Waals surface area (Å²) < 4.78 is 0. The van der Waals surface area contributed by atoms with Gasteiger partial charge in [0.1, 0.15) is 5.78 Å². The number of Topliss-reactive ketones (excluding diaryl/α,β-unsaturated/α-hetero) is 1. The maximum Gasteiger partial charge on any atom is 0.132 e. The van der Waals surface area contributed by atoms with E-state index in [1.165, 1.54) is 6.92 Å². The number of hydrogen-bond donors (Lipinski definition) is 1. The first-order valence-corrected chi connectivity index (χ1v) is 3.29. The van der Waals surface area contributed by atoms with Gasteiger partial charge in [-0.25, -0.2) is 0 Å². The van der Waals surface area contributed by atoms with Gasteiger partial charge in [-0.3, -0.25) is 4.79 Å². The fourth-order valence-electron chi connectivity index (χ4n) is 0.584. The van der Waals surface area contributed by atoms with Crippen molar-refractivity contribution >= 4 is 17.4 Å². The van der Waals surface area contributed by atoms with Gasteiger partial charge in [0.2, 0.25) is 0 Å². The van der Waals surface area contributed by atoms with Crippen molar-refractivity contribution in [2.45, 2.75) is 25.9 Å². The number of rotatable bonds is 3. The SMILES string of the molecule is CC(=O)CC(C)(O)CCl. The lowest BCUT2D eigenvalue weighted by atomic mass is 10.0. The topological polar surface area (TPSA) is 37.3 Å². The van der Waals surface area contributed by atoms with E-state index in [1.54, 1.807) is 6.92 Å². The third-order valence-electron chi connectivity index (χ3n) is 0.918. The molecule has 0 aromatic heterocycles. The summed E-state index contributed by atoms with van der Waals surface area (Å²) in [6.45, 7) is 2.97. The van der Waals surface area contributed by atoms with Gasteiger partial charge in [-0.1, -0.05) is 0 Å². The lowest BCUT2D eigenvalue weighted by Crippen LogP contribution is -2.28. The Bertz CT molecular complexity index is 110. The average Bonchev–Trinajstić information content (AvgIpc) is 1.63. The molecule has 54 valence electrons. The quantitative estimate of drug-likeness (QED) is 0.609. The van der Waals surface area contributed by atoms with Crippen LogP contribution >= 0.6 is 11.6 Å². The van der Waals surface area contributed by atoms with Crippen LogP contribution in [0.3, 0.4) is 0 Å². The van der Waals surface area contributed by atoms with Crippen molar-refractivity contribution in [3.63, 3.8) is 0 Å². The Labute approximate surface area is 59.8 Å². The molecular formula is C6H11ClO2. The van der Waals surface area contributed by atoms with Crippen molar-refractivity contribution in [1.82, 2.24) is 0 Å². The first kappa shape index (κ1) is 8.92. The molecular weight excluding hydrogens is 140 g/mol. The maximum absolute atomic E-state index is 10.4. The van der Waals surface area contributed by atoms with E-state index >= 15 is 0 Å². The van der Waals surface area contributed by atoms with Crippen LogP contribution in [0.1, 0.15) is 20.3 Å². The standard InChI is InChI=1S/C6H11ClO2/c1-5(8)3-6(2,9)4-7/h9H,3-4H2,1-2H3. The molecule has 0 bridgehead atoms. The molecule has 9 heavy (non-hydrogen) atoms. The van der Waals surface area contributed by atoms with Crippen molar-refractivity contribution in [2.75, 3.05) is 5.88 Å². The maximum atomic E-state index is 10.4. The van der Waals surface area contributed by atoms with Crippen molar-refractivity contribution in [3.8, 4) is 0 Å². The van der Waals surface area contributed by atoms with Gasteiger partial charge < -0.3 is 5.11 Å². The second-order valence-corrected chi connectivity index (χ2v) is 2.78. The smallest absolute Gasteiger partial charge is 0.132 e. The minimum Gasteiger partial charge on any atom is -0.388 e. The van der Waals surface area contributed by atoms with E-state index in [9.17, 15) is 4.79 Å². The molecule has 0 aliphatic carbocycles. The van der Waals surface area contributed by atoms with Crippen LogP contribution in [0.25, 0.3) is 0 Å². The summed E-state index contributed by atoms with van der Waals surface area (Å²) in [5.74, 6) is 0.0627. The highest BCUT2D eigenvalue weighted by Gasteiger charge is 2.20. The van der Waals surface area contributed by atoms with E-state index < -0.39 is 5.60 Å². The second-order valence-electron chi connectivity index (χ2n) is 2.51. The fraction of sp³-hybridized carbons (Fsp3) is 0.833. The highest BCUT2D eigenvalue weighted by molar-refractivity contribution is 6.18. The summed E-state index contributed by atoms with van der Waals surface area (Å²) in [6, 6.07) is 0. The number of aliphatic hydroxyl groups is 1. The molecule has 0 rings (SSSR count). The highest BCUT2D eigenvalue weighted by Crippen LogP contribution is 2.10. The molecule has 1 unspecified atom stereocenters. The molecule has 1 N–H and O–H groups in total. The first-order valence-electron chi connectivity index (χ1n) is 2.76.